The first-order valence-electron chi connectivity index (χ1n) is 17.2. The Morgan fingerprint density at radius 2 is 1.73 bits per heavy atom. The van der Waals surface area contributed by atoms with E-state index in [1.54, 1.807) is 22.6 Å². The van der Waals surface area contributed by atoms with Gasteiger partial charge in [-0.3, -0.25) is 24.2 Å². The van der Waals surface area contributed by atoms with E-state index < -0.39 is 16.3 Å². The Kier molecular flexibility index (Phi) is 11.3. The molecular weight excluding hydrogens is 634 g/mol. The molecule has 2 bridgehead atoms. The number of aliphatic hydroxyl groups excluding tert-OH is 1. The molecule has 3 saturated heterocycles. The van der Waals surface area contributed by atoms with Crippen LogP contribution in [-0.4, -0.2) is 144 Å². The Bertz CT molecular complexity index is 1630. The maximum absolute atomic E-state index is 13.5. The SMILES string of the molecule is CC(=O)N(CCN1CC[C@@H](N(C)S(=O)(=O)N(C)C)C1)CC(O)CN1[C@H]2CC[C@H]1CC(NC(=O)c1cc3ccccc3n(C(C)C)c1=O)C2. The van der Waals surface area contributed by atoms with Crippen molar-refractivity contribution in [3.8, 4) is 0 Å². The van der Waals surface area contributed by atoms with Crippen LogP contribution in [0.2, 0.25) is 0 Å². The zero-order valence-corrected chi connectivity index (χ0v) is 30.0. The molecule has 3 aliphatic heterocycles. The highest BCUT2D eigenvalue weighted by Crippen LogP contribution is 2.36. The number of para-hydroxylation sites is 1. The molecular formula is C34H53N7O6S. The van der Waals surface area contributed by atoms with Crippen LogP contribution in [0.1, 0.15) is 69.3 Å². The molecule has 5 rings (SSSR count). The van der Waals surface area contributed by atoms with Crippen LogP contribution in [0.25, 0.3) is 10.9 Å². The smallest absolute Gasteiger partial charge is 0.281 e. The summed E-state index contributed by atoms with van der Waals surface area (Å²) >= 11 is 0. The fraction of sp³-hybridized carbons (Fsp3) is 0.676. The molecule has 13 nitrogen and oxygen atoms in total. The third kappa shape index (κ3) is 7.79. The second-order valence-corrected chi connectivity index (χ2v) is 16.5. The number of hydrogen-bond donors (Lipinski definition) is 2. The summed E-state index contributed by atoms with van der Waals surface area (Å²) in [4.78, 5) is 45.6. The van der Waals surface area contributed by atoms with Crippen LogP contribution >= 0.6 is 0 Å². The van der Waals surface area contributed by atoms with Gasteiger partial charge in [0.2, 0.25) is 5.91 Å². The number of nitrogens with zero attached hydrogens (tertiary/aromatic N) is 6. The van der Waals surface area contributed by atoms with Gasteiger partial charge in [0, 0.05) is 91.0 Å². The molecule has 48 heavy (non-hydrogen) atoms. The normalized spacial score (nSPS) is 24.2. The van der Waals surface area contributed by atoms with Gasteiger partial charge in [-0.15, -0.1) is 0 Å². The van der Waals surface area contributed by atoms with Gasteiger partial charge in [0.15, 0.2) is 0 Å². The van der Waals surface area contributed by atoms with Crippen LogP contribution in [0.15, 0.2) is 35.1 Å². The topological polar surface area (TPSA) is 139 Å². The number of aliphatic hydroxyl groups is 1. The Labute approximate surface area is 284 Å². The van der Waals surface area contributed by atoms with Crippen LogP contribution in [0.5, 0.6) is 0 Å². The molecule has 0 radical (unpaired) electrons. The Hall–Kier alpha value is -2.88. The van der Waals surface area contributed by atoms with Gasteiger partial charge in [-0.05, 0) is 70.0 Å². The summed E-state index contributed by atoms with van der Waals surface area (Å²) in [6.07, 6.45) is 3.44. The summed E-state index contributed by atoms with van der Waals surface area (Å²) in [5.74, 6) is -0.447. The van der Waals surface area contributed by atoms with Crippen molar-refractivity contribution < 1.29 is 23.1 Å². The minimum absolute atomic E-state index is 0.0634. The van der Waals surface area contributed by atoms with Gasteiger partial charge in [-0.2, -0.15) is 17.0 Å². The molecule has 4 heterocycles. The van der Waals surface area contributed by atoms with E-state index in [0.717, 1.165) is 49.6 Å². The van der Waals surface area contributed by atoms with Crippen molar-refractivity contribution in [2.24, 2.45) is 0 Å². The van der Waals surface area contributed by atoms with Gasteiger partial charge < -0.3 is 19.9 Å². The first kappa shape index (κ1) is 36.4. The van der Waals surface area contributed by atoms with Gasteiger partial charge in [-0.25, -0.2) is 0 Å². The second kappa shape index (κ2) is 14.9. The summed E-state index contributed by atoms with van der Waals surface area (Å²) < 4.78 is 29.4. The summed E-state index contributed by atoms with van der Waals surface area (Å²) in [6, 6.07) is 9.45. The van der Waals surface area contributed by atoms with E-state index in [1.165, 1.54) is 29.6 Å². The zero-order valence-electron chi connectivity index (χ0n) is 29.2. The fourth-order valence-corrected chi connectivity index (χ4v) is 8.93. The largest absolute Gasteiger partial charge is 0.390 e. The maximum Gasteiger partial charge on any atom is 0.281 e. The lowest BCUT2D eigenvalue weighted by molar-refractivity contribution is -0.130. The molecule has 0 saturated carbocycles. The number of amides is 2. The number of benzene rings is 1. The van der Waals surface area contributed by atoms with E-state index >= 15 is 0 Å². The summed E-state index contributed by atoms with van der Waals surface area (Å²) in [7, 11) is 1.17. The highest BCUT2D eigenvalue weighted by atomic mass is 32.2. The van der Waals surface area contributed by atoms with Gasteiger partial charge in [0.05, 0.1) is 11.6 Å². The number of likely N-dealkylation sites (N-methyl/N-ethyl adjacent to an activating group) is 1. The quantitative estimate of drug-likeness (QED) is 0.322. The Balaban J connectivity index is 1.13. The summed E-state index contributed by atoms with van der Waals surface area (Å²) in [6.45, 7) is 8.48. The predicted molar refractivity (Wildman–Crippen MR) is 186 cm³/mol. The van der Waals surface area contributed by atoms with Crippen LogP contribution in [0.3, 0.4) is 0 Å². The number of aromatic nitrogens is 1. The molecule has 0 aliphatic carbocycles. The standard InChI is InChI=1S/C34H53N7O6S/c1-23(2)41-32-10-8-7-9-25(32)17-31(34(41)45)33(44)35-26-18-27-11-12-28(19-26)40(27)22-30(43)21-39(24(3)42)16-15-38-14-13-29(20-38)37(6)48(46,47)36(4)5/h7-10,17,23,26-30,43H,11-16,18-22H2,1-6H3,(H,35,44)/t27-,28-,29+,30?/m0/s1. The number of pyridine rings is 1. The molecule has 2 amide bonds. The van der Waals surface area contributed by atoms with Crippen LogP contribution in [-0.2, 0) is 15.0 Å². The maximum atomic E-state index is 13.5. The Morgan fingerprint density at radius 1 is 1.06 bits per heavy atom. The molecule has 1 aromatic carbocycles. The molecule has 2 N–H and O–H groups in total. The summed E-state index contributed by atoms with van der Waals surface area (Å²) in [5, 5.41) is 15.2. The number of piperidine rings is 1. The lowest BCUT2D eigenvalue weighted by atomic mass is 9.96. The van der Waals surface area contributed by atoms with E-state index in [-0.39, 0.29) is 59.7 Å². The van der Waals surface area contributed by atoms with Crippen molar-refractivity contribution in [1.82, 2.24) is 33.2 Å². The number of fused-ring (bicyclic) bond motifs is 3. The van der Waals surface area contributed by atoms with Crippen LogP contribution in [0.4, 0.5) is 0 Å². The minimum atomic E-state index is -3.49. The number of hydrogen-bond acceptors (Lipinski definition) is 8. The monoisotopic (exact) mass is 687 g/mol. The number of carbonyl (C=O) groups is 2. The third-order valence-corrected chi connectivity index (χ3v) is 12.4. The molecule has 2 aromatic rings. The second-order valence-electron chi connectivity index (χ2n) is 14.3. The van der Waals surface area contributed by atoms with E-state index in [0.29, 0.717) is 26.2 Å². The lowest BCUT2D eigenvalue weighted by Crippen LogP contribution is -2.54. The van der Waals surface area contributed by atoms with E-state index in [9.17, 15) is 27.9 Å². The number of likely N-dealkylation sites (tertiary alicyclic amines) is 1. The molecule has 3 fully saturated rings. The first-order valence-corrected chi connectivity index (χ1v) is 18.6. The highest BCUT2D eigenvalue weighted by molar-refractivity contribution is 7.86. The van der Waals surface area contributed by atoms with Crippen LogP contribution < -0.4 is 10.9 Å². The molecule has 1 aromatic heterocycles. The van der Waals surface area contributed by atoms with Crippen molar-refractivity contribution in [2.75, 3.05) is 60.4 Å². The number of rotatable bonds is 13. The van der Waals surface area contributed by atoms with Crippen molar-refractivity contribution in [2.45, 2.75) is 89.2 Å². The van der Waals surface area contributed by atoms with Crippen molar-refractivity contribution in [1.29, 1.82) is 0 Å². The summed E-state index contributed by atoms with van der Waals surface area (Å²) in [5.41, 5.74) is 0.689. The van der Waals surface area contributed by atoms with Gasteiger partial charge >= 0.3 is 0 Å². The molecule has 3 aliphatic rings. The average molecular weight is 688 g/mol. The van der Waals surface area contributed by atoms with Gasteiger partial charge in [0.25, 0.3) is 21.7 Å². The molecule has 0 spiro atoms. The number of nitrogens with one attached hydrogen (secondary N) is 1. The predicted octanol–water partition coefficient (Wildman–Crippen LogP) is 1.33. The van der Waals surface area contributed by atoms with Crippen molar-refractivity contribution >= 4 is 32.9 Å². The molecule has 1 unspecified atom stereocenters. The minimum Gasteiger partial charge on any atom is -0.390 e. The highest BCUT2D eigenvalue weighted by Gasteiger charge is 2.42. The number of carbonyl (C=O) groups excluding carboxylic acids is 2. The molecule has 4 atom stereocenters. The lowest BCUT2D eigenvalue weighted by Gasteiger charge is -2.40. The van der Waals surface area contributed by atoms with Crippen molar-refractivity contribution in [3.05, 3.63) is 46.2 Å². The van der Waals surface area contributed by atoms with E-state index in [2.05, 4.69) is 15.1 Å². The average Bonchev–Trinajstić information content (AvgIpc) is 3.58. The van der Waals surface area contributed by atoms with E-state index in [4.69, 9.17) is 0 Å². The van der Waals surface area contributed by atoms with Gasteiger partial charge in [0.1, 0.15) is 5.56 Å². The third-order valence-electron chi connectivity index (χ3n) is 10.5. The molecule has 14 heteroatoms. The van der Waals surface area contributed by atoms with Crippen molar-refractivity contribution in [3.63, 3.8) is 0 Å². The zero-order chi connectivity index (χ0) is 34.9. The van der Waals surface area contributed by atoms with Gasteiger partial charge in [-0.1, -0.05) is 18.2 Å². The van der Waals surface area contributed by atoms with Crippen LogP contribution in [0, 0.1) is 0 Å². The fourth-order valence-electron chi connectivity index (χ4n) is 7.87. The Morgan fingerprint density at radius 3 is 2.35 bits per heavy atom. The van der Waals surface area contributed by atoms with E-state index in [1.807, 2.05) is 38.1 Å². The molecule has 266 valence electrons. The first-order chi connectivity index (χ1) is 22.7.